The number of hydrogen-bond donors (Lipinski definition) is 2. The van der Waals surface area contributed by atoms with Crippen molar-refractivity contribution in [3.63, 3.8) is 0 Å². The Kier molecular flexibility index (Phi) is 42.9. The zero-order valence-corrected chi connectivity index (χ0v) is 33.9. The fraction of sp³-hybridized carbons (Fsp3) is 0.522. The molecule has 0 aliphatic carbocycles. The zero-order valence-electron chi connectivity index (χ0n) is 33.9. The monoisotopic (exact) mass is 661 g/mol. The Labute approximate surface area is 301 Å². The first-order chi connectivity index (χ1) is 23.0. The van der Waals surface area contributed by atoms with Gasteiger partial charge < -0.3 is 11.5 Å². The van der Waals surface area contributed by atoms with Crippen LogP contribution < -0.4 is 11.5 Å². The van der Waals surface area contributed by atoms with Crippen molar-refractivity contribution in [3.05, 3.63) is 132 Å². The lowest BCUT2D eigenvalue weighted by molar-refractivity contribution is 0.514. The molecule has 1 aromatic carbocycles. The summed E-state index contributed by atoms with van der Waals surface area (Å²) in [6.45, 7) is 33.4. The van der Waals surface area contributed by atoms with Crippen molar-refractivity contribution in [1.82, 2.24) is 0 Å². The highest BCUT2D eigenvalue weighted by Crippen LogP contribution is 2.23. The van der Waals surface area contributed by atoms with Crippen LogP contribution in [0.15, 0.2) is 126 Å². The Morgan fingerprint density at radius 1 is 0.646 bits per heavy atom. The van der Waals surface area contributed by atoms with Crippen LogP contribution >= 0.6 is 0 Å². The highest BCUT2D eigenvalue weighted by molar-refractivity contribution is 5.23. The third-order valence-corrected chi connectivity index (χ3v) is 7.35. The Morgan fingerprint density at radius 2 is 1.02 bits per heavy atom. The number of benzene rings is 1. The van der Waals surface area contributed by atoms with Crippen LogP contribution in [0.5, 0.6) is 0 Å². The summed E-state index contributed by atoms with van der Waals surface area (Å²) in [5.74, 6) is 1.28. The van der Waals surface area contributed by atoms with Gasteiger partial charge in [-0.3, -0.25) is 0 Å². The van der Waals surface area contributed by atoms with E-state index in [1.54, 1.807) is 0 Å². The molecule has 0 amide bonds. The molecule has 0 spiro atoms. The van der Waals surface area contributed by atoms with E-state index in [2.05, 4.69) is 116 Å². The SMILES string of the molecule is C/C=C\C(=C/C)CC.C=C(/C=C\C=C(/C)N)C(CCC)CCC.C=C(/C=C\C=C(/C)N)C(CCC)CCC.CC.CCc1ccccc1. The molecule has 2 heteroatoms. The molecule has 0 unspecified atom stereocenters. The van der Waals surface area contributed by atoms with Gasteiger partial charge in [-0.2, -0.15) is 0 Å². The summed E-state index contributed by atoms with van der Waals surface area (Å²) in [5, 5.41) is 0. The van der Waals surface area contributed by atoms with Crippen LogP contribution in [0.4, 0.5) is 0 Å². The fourth-order valence-corrected chi connectivity index (χ4v) is 4.69. The Morgan fingerprint density at radius 3 is 1.23 bits per heavy atom. The summed E-state index contributed by atoms with van der Waals surface area (Å²) < 4.78 is 0. The van der Waals surface area contributed by atoms with E-state index in [-0.39, 0.29) is 0 Å². The van der Waals surface area contributed by atoms with Gasteiger partial charge in [-0.1, -0.05) is 184 Å². The smallest absolute Gasteiger partial charge is 0.00488 e. The minimum Gasteiger partial charge on any atom is -0.402 e. The average molecular weight is 661 g/mol. The van der Waals surface area contributed by atoms with Gasteiger partial charge in [0.2, 0.25) is 0 Å². The summed E-state index contributed by atoms with van der Waals surface area (Å²) >= 11 is 0. The fourth-order valence-electron chi connectivity index (χ4n) is 4.69. The molecule has 0 radical (unpaired) electrons. The predicted molar refractivity (Wildman–Crippen MR) is 225 cm³/mol. The van der Waals surface area contributed by atoms with Crippen LogP contribution in [0, 0.1) is 11.8 Å². The summed E-state index contributed by atoms with van der Waals surface area (Å²) in [4.78, 5) is 0. The predicted octanol–water partition coefficient (Wildman–Crippen LogP) is 14.5. The molecule has 274 valence electrons. The average Bonchev–Trinajstić information content (AvgIpc) is 3.08. The molecule has 0 aliphatic heterocycles. The van der Waals surface area contributed by atoms with Gasteiger partial charge in [0.1, 0.15) is 0 Å². The van der Waals surface area contributed by atoms with E-state index in [0.29, 0.717) is 11.8 Å². The third-order valence-electron chi connectivity index (χ3n) is 7.35. The van der Waals surface area contributed by atoms with Crippen molar-refractivity contribution in [2.24, 2.45) is 23.3 Å². The van der Waals surface area contributed by atoms with E-state index in [1.165, 1.54) is 73.6 Å². The molecule has 0 heterocycles. The summed E-state index contributed by atoms with van der Waals surface area (Å²) in [6.07, 6.45) is 30.5. The quantitative estimate of drug-likeness (QED) is 0.163. The maximum atomic E-state index is 5.55. The topological polar surface area (TPSA) is 52.0 Å². The zero-order chi connectivity index (χ0) is 37.6. The minimum atomic E-state index is 0.641. The maximum absolute atomic E-state index is 5.55. The molecule has 48 heavy (non-hydrogen) atoms. The van der Waals surface area contributed by atoms with Gasteiger partial charge in [-0.15, -0.1) is 0 Å². The van der Waals surface area contributed by atoms with Crippen molar-refractivity contribution < 1.29 is 0 Å². The number of aryl methyl sites for hydroxylation is 1. The van der Waals surface area contributed by atoms with Crippen LogP contribution in [0.3, 0.4) is 0 Å². The molecule has 2 nitrogen and oxygen atoms in total. The number of nitrogens with two attached hydrogens (primary N) is 2. The van der Waals surface area contributed by atoms with Crippen LogP contribution in [0.2, 0.25) is 0 Å². The lowest BCUT2D eigenvalue weighted by Crippen LogP contribution is -2.01. The first-order valence-electron chi connectivity index (χ1n) is 18.9. The van der Waals surface area contributed by atoms with Gasteiger partial charge in [0.25, 0.3) is 0 Å². The second-order valence-corrected chi connectivity index (χ2v) is 11.8. The highest BCUT2D eigenvalue weighted by atomic mass is 14.5. The Balaban J connectivity index is -0.000000274. The molecule has 0 saturated carbocycles. The van der Waals surface area contributed by atoms with E-state index in [1.807, 2.05) is 65.0 Å². The van der Waals surface area contributed by atoms with Gasteiger partial charge in [0.15, 0.2) is 0 Å². The van der Waals surface area contributed by atoms with E-state index in [0.717, 1.165) is 24.2 Å². The minimum absolute atomic E-state index is 0.641. The van der Waals surface area contributed by atoms with Crippen molar-refractivity contribution in [2.75, 3.05) is 0 Å². The molecule has 0 atom stereocenters. The molecule has 1 aromatic rings. The summed E-state index contributed by atoms with van der Waals surface area (Å²) in [6, 6.07) is 10.5. The second-order valence-electron chi connectivity index (χ2n) is 11.8. The van der Waals surface area contributed by atoms with Crippen molar-refractivity contribution in [2.45, 2.75) is 147 Å². The van der Waals surface area contributed by atoms with Crippen LogP contribution in [0.1, 0.15) is 146 Å². The van der Waals surface area contributed by atoms with E-state index >= 15 is 0 Å². The van der Waals surface area contributed by atoms with Crippen molar-refractivity contribution in [1.29, 1.82) is 0 Å². The Bertz CT molecular complexity index is 972. The molecule has 0 aromatic heterocycles. The first kappa shape index (κ1) is 51.6. The van der Waals surface area contributed by atoms with Gasteiger partial charge in [0.05, 0.1) is 0 Å². The van der Waals surface area contributed by atoms with Gasteiger partial charge >= 0.3 is 0 Å². The second kappa shape index (κ2) is 39.9. The van der Waals surface area contributed by atoms with Crippen molar-refractivity contribution in [3.8, 4) is 0 Å². The van der Waals surface area contributed by atoms with Gasteiger partial charge in [0, 0.05) is 11.4 Å². The van der Waals surface area contributed by atoms with E-state index in [4.69, 9.17) is 11.5 Å². The summed E-state index contributed by atoms with van der Waals surface area (Å²) in [5.41, 5.74) is 18.1. The molecule has 0 fully saturated rings. The third kappa shape index (κ3) is 35.6. The van der Waals surface area contributed by atoms with Crippen molar-refractivity contribution >= 4 is 0 Å². The van der Waals surface area contributed by atoms with E-state index < -0.39 is 0 Å². The highest BCUT2D eigenvalue weighted by Gasteiger charge is 2.08. The Hall–Kier alpha value is -3.26. The maximum Gasteiger partial charge on any atom is 0.00488 e. The van der Waals surface area contributed by atoms with Gasteiger partial charge in [-0.05, 0) is 95.8 Å². The lowest BCUT2D eigenvalue weighted by Gasteiger charge is -2.15. The molecule has 1 rings (SSSR count). The van der Waals surface area contributed by atoms with Crippen LogP contribution in [0.25, 0.3) is 0 Å². The largest absolute Gasteiger partial charge is 0.402 e. The summed E-state index contributed by atoms with van der Waals surface area (Å²) in [7, 11) is 0. The normalized spacial score (nSPS) is 11.8. The molecule has 0 aliphatic rings. The lowest BCUT2D eigenvalue weighted by atomic mass is 9.91. The van der Waals surface area contributed by atoms with E-state index in [9.17, 15) is 0 Å². The molecule has 4 N–H and O–H groups in total. The number of rotatable bonds is 17. The molecule has 0 bridgehead atoms. The standard InChI is InChI=1S/2C14H25N.C8H10.C8H14.C2H6/c2*1-5-8-14(9-6-2)12(3)10-7-11-13(4)15;1-2-8-6-4-3-5-7-8;1-4-7-8(5-2)6-3;1-2/h2*7,10-11,14H,3,5-6,8-9,15H2,1-2,4H3;3-7H,2H2,1H3;4-5,7H,6H2,1-3H3;1-2H3/b2*10-7-,13-11+;;7-4-,8-5-;. The molecular formula is C46H80N2. The number of allylic oxidation sites excluding steroid dienone is 14. The molecular weight excluding hydrogens is 581 g/mol. The molecule has 0 saturated heterocycles. The van der Waals surface area contributed by atoms with Crippen LogP contribution in [-0.2, 0) is 6.42 Å². The van der Waals surface area contributed by atoms with Crippen LogP contribution in [-0.4, -0.2) is 0 Å². The number of hydrogen-bond acceptors (Lipinski definition) is 2. The first-order valence-corrected chi connectivity index (χ1v) is 18.9. The van der Waals surface area contributed by atoms with Gasteiger partial charge in [-0.25, -0.2) is 0 Å².